The fraction of sp³-hybridized carbons (Fsp3) is 1.00. The summed E-state index contributed by atoms with van der Waals surface area (Å²) in [6.07, 6.45) is 2.45. The fourth-order valence-corrected chi connectivity index (χ4v) is 2.32. The predicted molar refractivity (Wildman–Crippen MR) is 76.4 cm³/mol. The largest absolute Gasteiger partial charge is 0.394 e. The molecular weight excluding hydrogens is 244 g/mol. The molecule has 1 aliphatic carbocycles. The minimum Gasteiger partial charge on any atom is -0.394 e. The minimum absolute atomic E-state index is 0.146. The molecule has 1 aliphatic rings. The lowest BCUT2D eigenvalue weighted by molar-refractivity contribution is 0.0425. The van der Waals surface area contributed by atoms with Crippen LogP contribution in [0, 0.1) is 0 Å². The Morgan fingerprint density at radius 2 is 2.05 bits per heavy atom. The summed E-state index contributed by atoms with van der Waals surface area (Å²) in [4.78, 5) is 2.32. The molecule has 2 N–H and O–H groups in total. The molecule has 2 unspecified atom stereocenters. The third-order valence-corrected chi connectivity index (χ3v) is 3.64. The van der Waals surface area contributed by atoms with Gasteiger partial charge in [0.15, 0.2) is 0 Å². The molecule has 0 aromatic carbocycles. The van der Waals surface area contributed by atoms with E-state index in [0.29, 0.717) is 25.3 Å². The molecule has 0 aromatic rings. The monoisotopic (exact) mass is 274 g/mol. The molecule has 0 bridgehead atoms. The molecule has 5 nitrogen and oxygen atoms in total. The average molecular weight is 274 g/mol. The van der Waals surface area contributed by atoms with Gasteiger partial charge in [-0.3, -0.25) is 4.90 Å². The van der Waals surface area contributed by atoms with Gasteiger partial charge >= 0.3 is 0 Å². The van der Waals surface area contributed by atoms with Crippen LogP contribution in [-0.4, -0.2) is 74.8 Å². The van der Waals surface area contributed by atoms with Crippen molar-refractivity contribution in [1.29, 1.82) is 0 Å². The molecule has 0 radical (unpaired) electrons. The van der Waals surface area contributed by atoms with Crippen LogP contribution >= 0.6 is 0 Å². The summed E-state index contributed by atoms with van der Waals surface area (Å²) in [5.74, 6) is 0. The summed E-state index contributed by atoms with van der Waals surface area (Å²) in [5.41, 5.74) is -0.253. The molecule has 1 fully saturated rings. The van der Waals surface area contributed by atoms with Crippen LogP contribution in [0.2, 0.25) is 0 Å². The summed E-state index contributed by atoms with van der Waals surface area (Å²) >= 11 is 0. The van der Waals surface area contributed by atoms with Gasteiger partial charge in [0.05, 0.1) is 25.4 Å². The first-order valence-electron chi connectivity index (χ1n) is 7.15. The first kappa shape index (κ1) is 16.9. The minimum atomic E-state index is -0.253. The molecule has 2 atom stereocenters. The van der Waals surface area contributed by atoms with Gasteiger partial charge in [0.25, 0.3) is 0 Å². The Morgan fingerprint density at radius 1 is 1.37 bits per heavy atom. The van der Waals surface area contributed by atoms with E-state index in [-0.39, 0.29) is 12.1 Å². The van der Waals surface area contributed by atoms with E-state index >= 15 is 0 Å². The van der Waals surface area contributed by atoms with Crippen molar-refractivity contribution in [2.45, 2.75) is 44.3 Å². The van der Waals surface area contributed by atoms with Crippen LogP contribution in [0.15, 0.2) is 0 Å². The molecule has 19 heavy (non-hydrogen) atoms. The van der Waals surface area contributed by atoms with Crippen molar-refractivity contribution < 1.29 is 14.6 Å². The zero-order valence-corrected chi connectivity index (χ0v) is 12.8. The molecule has 0 aliphatic heterocycles. The fourth-order valence-electron chi connectivity index (χ4n) is 2.32. The Bertz CT molecular complexity index is 249. The Balaban J connectivity index is 2.55. The molecule has 1 saturated carbocycles. The van der Waals surface area contributed by atoms with Crippen molar-refractivity contribution in [3.63, 3.8) is 0 Å². The van der Waals surface area contributed by atoms with Crippen molar-refractivity contribution >= 4 is 0 Å². The number of nitrogens with zero attached hydrogens (tertiary/aromatic N) is 1. The van der Waals surface area contributed by atoms with Gasteiger partial charge in [-0.15, -0.1) is 0 Å². The Morgan fingerprint density at radius 3 is 2.53 bits per heavy atom. The average Bonchev–Trinajstić information content (AvgIpc) is 3.18. The quantitative estimate of drug-likeness (QED) is 0.574. The number of methoxy groups -OCH3 is 2. The van der Waals surface area contributed by atoms with Crippen LogP contribution in [0.3, 0.4) is 0 Å². The maximum atomic E-state index is 9.70. The molecule has 1 rings (SSSR count). The molecular formula is C14H30N2O3. The van der Waals surface area contributed by atoms with E-state index in [0.717, 1.165) is 13.1 Å². The predicted octanol–water partition coefficient (Wildman–Crippen LogP) is 0.473. The van der Waals surface area contributed by atoms with Gasteiger partial charge in [-0.05, 0) is 26.7 Å². The van der Waals surface area contributed by atoms with E-state index in [2.05, 4.69) is 24.1 Å². The van der Waals surface area contributed by atoms with E-state index in [9.17, 15) is 5.11 Å². The molecule has 0 heterocycles. The molecule has 5 heteroatoms. The molecule has 0 saturated heterocycles. The van der Waals surface area contributed by atoms with Crippen molar-refractivity contribution in [1.82, 2.24) is 10.2 Å². The van der Waals surface area contributed by atoms with Crippen LogP contribution in [0.25, 0.3) is 0 Å². The van der Waals surface area contributed by atoms with E-state index in [1.165, 1.54) is 12.8 Å². The number of nitrogens with one attached hydrogen (secondary N) is 1. The molecule has 0 aromatic heterocycles. The van der Waals surface area contributed by atoms with E-state index in [1.807, 2.05) is 0 Å². The first-order chi connectivity index (χ1) is 9.04. The SMILES string of the molecule is COCCN(CC(C)(CO)NC1CC1)C(C)COC. The highest BCUT2D eigenvalue weighted by Gasteiger charge is 2.34. The second-order valence-electron chi connectivity index (χ2n) is 5.91. The molecule has 114 valence electrons. The third kappa shape index (κ3) is 6.19. The van der Waals surface area contributed by atoms with Gasteiger partial charge in [-0.25, -0.2) is 0 Å². The van der Waals surface area contributed by atoms with E-state index < -0.39 is 0 Å². The van der Waals surface area contributed by atoms with E-state index in [4.69, 9.17) is 9.47 Å². The number of hydrogen-bond acceptors (Lipinski definition) is 5. The summed E-state index contributed by atoms with van der Waals surface area (Å²) in [5, 5.41) is 13.2. The Labute approximate surface area is 117 Å². The van der Waals surface area contributed by atoms with Gasteiger partial charge < -0.3 is 19.9 Å². The zero-order valence-electron chi connectivity index (χ0n) is 12.8. The van der Waals surface area contributed by atoms with Crippen molar-refractivity contribution in [3.8, 4) is 0 Å². The van der Waals surface area contributed by atoms with Gasteiger partial charge in [-0.2, -0.15) is 0 Å². The summed E-state index contributed by atoms with van der Waals surface area (Å²) in [6, 6.07) is 0.895. The van der Waals surface area contributed by atoms with Crippen LogP contribution in [0.5, 0.6) is 0 Å². The Hall–Kier alpha value is -0.200. The highest BCUT2D eigenvalue weighted by Crippen LogP contribution is 2.23. The topological polar surface area (TPSA) is 54.0 Å². The van der Waals surface area contributed by atoms with Crippen LogP contribution in [0.4, 0.5) is 0 Å². The maximum absolute atomic E-state index is 9.70. The van der Waals surface area contributed by atoms with Gasteiger partial charge in [-0.1, -0.05) is 0 Å². The van der Waals surface area contributed by atoms with E-state index in [1.54, 1.807) is 14.2 Å². The third-order valence-electron chi connectivity index (χ3n) is 3.64. The van der Waals surface area contributed by atoms with Crippen molar-refractivity contribution in [2.75, 3.05) is 47.1 Å². The lowest BCUT2D eigenvalue weighted by Crippen LogP contribution is -2.57. The zero-order chi connectivity index (χ0) is 14.3. The lowest BCUT2D eigenvalue weighted by Gasteiger charge is -2.38. The highest BCUT2D eigenvalue weighted by atomic mass is 16.5. The second-order valence-corrected chi connectivity index (χ2v) is 5.91. The van der Waals surface area contributed by atoms with Crippen LogP contribution < -0.4 is 5.32 Å². The number of aliphatic hydroxyl groups is 1. The number of rotatable bonds is 11. The maximum Gasteiger partial charge on any atom is 0.0623 e. The second kappa shape index (κ2) is 8.17. The smallest absolute Gasteiger partial charge is 0.0623 e. The van der Waals surface area contributed by atoms with Crippen LogP contribution in [-0.2, 0) is 9.47 Å². The van der Waals surface area contributed by atoms with Gasteiger partial charge in [0.2, 0.25) is 0 Å². The standard InChI is InChI=1S/C14H30N2O3/c1-12(9-19-4)16(7-8-18-3)10-14(2,11-17)15-13-5-6-13/h12-13,15,17H,5-11H2,1-4H3. The normalized spacial score (nSPS) is 20.5. The summed E-state index contributed by atoms with van der Waals surface area (Å²) in [6.45, 7) is 7.41. The number of aliphatic hydroxyl groups excluding tert-OH is 1. The van der Waals surface area contributed by atoms with Gasteiger partial charge in [0, 0.05) is 39.4 Å². The van der Waals surface area contributed by atoms with Crippen molar-refractivity contribution in [2.24, 2.45) is 0 Å². The molecule has 0 amide bonds. The first-order valence-corrected chi connectivity index (χ1v) is 7.15. The number of ether oxygens (including phenoxy) is 2. The highest BCUT2D eigenvalue weighted by molar-refractivity contribution is 4.94. The summed E-state index contributed by atoms with van der Waals surface area (Å²) < 4.78 is 10.4. The van der Waals surface area contributed by atoms with Gasteiger partial charge in [0.1, 0.15) is 0 Å². The Kier molecular flexibility index (Phi) is 7.25. The summed E-state index contributed by atoms with van der Waals surface area (Å²) in [7, 11) is 3.44. The lowest BCUT2D eigenvalue weighted by atomic mass is 10.0. The number of hydrogen-bond donors (Lipinski definition) is 2. The van der Waals surface area contributed by atoms with Crippen LogP contribution in [0.1, 0.15) is 26.7 Å². The van der Waals surface area contributed by atoms with Crippen molar-refractivity contribution in [3.05, 3.63) is 0 Å². The molecule has 0 spiro atoms.